The summed E-state index contributed by atoms with van der Waals surface area (Å²) in [4.78, 5) is 12.4. The Hall–Kier alpha value is -1.27. The van der Waals surface area contributed by atoms with E-state index >= 15 is 0 Å². The Morgan fingerprint density at radius 2 is 2.14 bits per heavy atom. The van der Waals surface area contributed by atoms with Gasteiger partial charge in [-0.1, -0.05) is 0 Å². The molecule has 0 saturated heterocycles. The molecule has 5 nitrogen and oxygen atoms in total. The molecule has 0 radical (unpaired) electrons. The molecule has 0 bridgehead atoms. The second-order valence-corrected chi connectivity index (χ2v) is 8.47. The molecule has 3 rings (SSSR count). The highest BCUT2D eigenvalue weighted by molar-refractivity contribution is 8.13. The summed E-state index contributed by atoms with van der Waals surface area (Å²) in [6.07, 6.45) is 3.05. The first kappa shape index (κ1) is 14.7. The van der Waals surface area contributed by atoms with Crippen LogP contribution in [0.2, 0.25) is 0 Å². The summed E-state index contributed by atoms with van der Waals surface area (Å²) in [5.74, 6) is -0.0751. The van der Waals surface area contributed by atoms with Crippen molar-refractivity contribution < 1.29 is 17.9 Å². The third-order valence-corrected chi connectivity index (χ3v) is 5.59. The number of halogens is 1. The molecule has 1 aliphatic heterocycles. The number of fused-ring (bicyclic) bond motifs is 1. The summed E-state index contributed by atoms with van der Waals surface area (Å²) >= 11 is 0. The van der Waals surface area contributed by atoms with Crippen LogP contribution >= 0.6 is 10.7 Å². The largest absolute Gasteiger partial charge is 0.492 e. The summed E-state index contributed by atoms with van der Waals surface area (Å²) in [5, 5.41) is 3.03. The van der Waals surface area contributed by atoms with Crippen LogP contribution in [0.15, 0.2) is 23.1 Å². The number of ether oxygens (including phenoxy) is 1. The molecule has 1 amide bonds. The molecule has 1 unspecified atom stereocenters. The van der Waals surface area contributed by atoms with Gasteiger partial charge in [0.2, 0.25) is 5.91 Å². The predicted molar refractivity (Wildman–Crippen MR) is 78.1 cm³/mol. The fourth-order valence-corrected chi connectivity index (χ4v) is 3.56. The van der Waals surface area contributed by atoms with Gasteiger partial charge in [0.25, 0.3) is 9.05 Å². The lowest BCUT2D eigenvalue weighted by molar-refractivity contribution is -0.125. The SMILES string of the molecule is CC1(NC(=O)C2COc3ccc(S(=O)(=O)Cl)cc32)CCC1. The van der Waals surface area contributed by atoms with Gasteiger partial charge in [-0.25, -0.2) is 8.42 Å². The molecule has 1 aliphatic carbocycles. The lowest BCUT2D eigenvalue weighted by Crippen LogP contribution is -2.52. The number of nitrogens with one attached hydrogen (secondary N) is 1. The van der Waals surface area contributed by atoms with Crippen LogP contribution in [0.25, 0.3) is 0 Å². The van der Waals surface area contributed by atoms with Crippen LogP contribution in [-0.2, 0) is 13.8 Å². The van der Waals surface area contributed by atoms with Crippen molar-refractivity contribution in [3.8, 4) is 5.75 Å². The van der Waals surface area contributed by atoms with Crippen molar-refractivity contribution in [3.63, 3.8) is 0 Å². The zero-order chi connectivity index (χ0) is 15.3. The lowest BCUT2D eigenvalue weighted by atomic mass is 9.78. The first-order valence-electron chi connectivity index (χ1n) is 6.82. The topological polar surface area (TPSA) is 72.5 Å². The van der Waals surface area contributed by atoms with E-state index in [-0.39, 0.29) is 22.9 Å². The highest BCUT2D eigenvalue weighted by Crippen LogP contribution is 2.38. The molecule has 2 aliphatic rings. The Morgan fingerprint density at radius 3 is 2.71 bits per heavy atom. The fourth-order valence-electron chi connectivity index (χ4n) is 2.78. The van der Waals surface area contributed by atoms with Crippen molar-refractivity contribution in [1.29, 1.82) is 0 Å². The molecule has 1 aromatic rings. The molecular formula is C14H16ClNO4S. The van der Waals surface area contributed by atoms with Crippen LogP contribution in [-0.4, -0.2) is 26.5 Å². The van der Waals surface area contributed by atoms with Crippen LogP contribution in [0.1, 0.15) is 37.7 Å². The van der Waals surface area contributed by atoms with Crippen molar-refractivity contribution in [3.05, 3.63) is 23.8 Å². The van der Waals surface area contributed by atoms with Crippen LogP contribution in [0.3, 0.4) is 0 Å². The Morgan fingerprint density at radius 1 is 1.43 bits per heavy atom. The molecule has 0 aromatic heterocycles. The number of benzene rings is 1. The average Bonchev–Trinajstić information content (AvgIpc) is 2.78. The number of amides is 1. The summed E-state index contributed by atoms with van der Waals surface area (Å²) in [7, 11) is 1.54. The molecule has 7 heteroatoms. The third-order valence-electron chi connectivity index (χ3n) is 4.24. The fraction of sp³-hybridized carbons (Fsp3) is 0.500. The molecular weight excluding hydrogens is 314 g/mol. The van der Waals surface area contributed by atoms with Crippen molar-refractivity contribution in [1.82, 2.24) is 5.32 Å². The van der Waals surface area contributed by atoms with Gasteiger partial charge in [0.1, 0.15) is 18.3 Å². The maximum atomic E-state index is 12.4. The molecule has 1 N–H and O–H groups in total. The zero-order valence-corrected chi connectivity index (χ0v) is 13.1. The molecule has 1 aromatic carbocycles. The second kappa shape index (κ2) is 4.88. The Balaban J connectivity index is 1.87. The second-order valence-electron chi connectivity index (χ2n) is 5.90. The van der Waals surface area contributed by atoms with E-state index in [0.717, 1.165) is 19.3 Å². The van der Waals surface area contributed by atoms with Crippen LogP contribution in [0, 0.1) is 0 Å². The van der Waals surface area contributed by atoms with E-state index in [0.29, 0.717) is 11.3 Å². The predicted octanol–water partition coefficient (Wildman–Crippen LogP) is 2.15. The first-order valence-corrected chi connectivity index (χ1v) is 9.13. The number of carbonyl (C=O) groups excluding carboxylic acids is 1. The summed E-state index contributed by atoms with van der Waals surface area (Å²) in [6.45, 7) is 2.24. The van der Waals surface area contributed by atoms with Gasteiger partial charge >= 0.3 is 0 Å². The van der Waals surface area contributed by atoms with Gasteiger partial charge in [0, 0.05) is 21.8 Å². The number of carbonyl (C=O) groups is 1. The minimum absolute atomic E-state index is 0.0129. The summed E-state index contributed by atoms with van der Waals surface area (Å²) in [5.41, 5.74) is 0.438. The van der Waals surface area contributed by atoms with Crippen LogP contribution in [0.4, 0.5) is 0 Å². The molecule has 0 spiro atoms. The van der Waals surface area contributed by atoms with E-state index in [2.05, 4.69) is 5.32 Å². The standard InChI is InChI=1S/C14H16ClNO4S/c1-14(5-2-6-14)16-13(17)11-8-20-12-4-3-9(7-10(11)12)21(15,18)19/h3-4,7,11H,2,5-6,8H2,1H3,(H,16,17). The maximum Gasteiger partial charge on any atom is 0.261 e. The van der Waals surface area contributed by atoms with E-state index < -0.39 is 15.0 Å². The quantitative estimate of drug-likeness (QED) is 0.862. The van der Waals surface area contributed by atoms with Gasteiger partial charge < -0.3 is 10.1 Å². The van der Waals surface area contributed by atoms with Crippen molar-refractivity contribution in [2.45, 2.75) is 42.5 Å². The van der Waals surface area contributed by atoms with Gasteiger partial charge in [-0.15, -0.1) is 0 Å². The Bertz CT molecular complexity index is 697. The average molecular weight is 330 g/mol. The number of rotatable bonds is 3. The van der Waals surface area contributed by atoms with E-state index in [1.165, 1.54) is 12.1 Å². The van der Waals surface area contributed by atoms with Gasteiger partial charge in [0.15, 0.2) is 0 Å². The van der Waals surface area contributed by atoms with E-state index in [9.17, 15) is 13.2 Å². The summed E-state index contributed by atoms with van der Waals surface area (Å²) in [6, 6.07) is 4.36. The van der Waals surface area contributed by atoms with Gasteiger partial charge in [0.05, 0.1) is 4.90 Å². The Kier molecular flexibility index (Phi) is 3.41. The van der Waals surface area contributed by atoms with Crippen LogP contribution < -0.4 is 10.1 Å². The van der Waals surface area contributed by atoms with Crippen molar-refractivity contribution in [2.24, 2.45) is 0 Å². The van der Waals surface area contributed by atoms with Gasteiger partial charge in [-0.05, 0) is 44.4 Å². The monoisotopic (exact) mass is 329 g/mol. The molecule has 1 fully saturated rings. The minimum atomic E-state index is -3.82. The molecule has 1 atom stereocenters. The molecule has 21 heavy (non-hydrogen) atoms. The van der Waals surface area contributed by atoms with Gasteiger partial charge in [-0.3, -0.25) is 4.79 Å². The molecule has 1 heterocycles. The maximum absolute atomic E-state index is 12.4. The molecule has 1 saturated carbocycles. The highest BCUT2D eigenvalue weighted by atomic mass is 35.7. The van der Waals surface area contributed by atoms with E-state index in [4.69, 9.17) is 15.4 Å². The minimum Gasteiger partial charge on any atom is -0.492 e. The molecule has 114 valence electrons. The summed E-state index contributed by atoms with van der Waals surface area (Å²) < 4.78 is 28.3. The first-order chi connectivity index (χ1) is 9.78. The van der Waals surface area contributed by atoms with E-state index in [1.807, 2.05) is 6.92 Å². The lowest BCUT2D eigenvalue weighted by Gasteiger charge is -2.39. The number of hydrogen-bond donors (Lipinski definition) is 1. The van der Waals surface area contributed by atoms with Gasteiger partial charge in [-0.2, -0.15) is 0 Å². The van der Waals surface area contributed by atoms with Crippen LogP contribution in [0.5, 0.6) is 5.75 Å². The normalized spacial score (nSPS) is 22.9. The Labute approximate surface area is 128 Å². The zero-order valence-electron chi connectivity index (χ0n) is 11.6. The van der Waals surface area contributed by atoms with E-state index in [1.54, 1.807) is 6.07 Å². The van der Waals surface area contributed by atoms with Crippen molar-refractivity contribution in [2.75, 3.05) is 6.61 Å². The highest BCUT2D eigenvalue weighted by Gasteiger charge is 2.38. The smallest absolute Gasteiger partial charge is 0.261 e. The van der Waals surface area contributed by atoms with Crippen molar-refractivity contribution >= 4 is 25.6 Å². The number of hydrogen-bond acceptors (Lipinski definition) is 4. The third kappa shape index (κ3) is 2.74.